The summed E-state index contributed by atoms with van der Waals surface area (Å²) in [5.74, 6) is 1.87. The summed E-state index contributed by atoms with van der Waals surface area (Å²) >= 11 is 5.83. The Bertz CT molecular complexity index is 734. The SMILES string of the molecule is C/C=C/CC1CCC(CCc2cnc(-c3ccc(F)c(Cl)c3)nc2)CC1. The molecule has 0 atom stereocenters. The predicted molar refractivity (Wildman–Crippen MR) is 106 cm³/mol. The van der Waals surface area contributed by atoms with Crippen molar-refractivity contribution >= 4 is 11.6 Å². The first-order chi connectivity index (χ1) is 12.7. The molecule has 3 rings (SSSR count). The number of benzene rings is 1. The van der Waals surface area contributed by atoms with E-state index >= 15 is 0 Å². The van der Waals surface area contributed by atoms with Crippen LogP contribution >= 0.6 is 11.6 Å². The topological polar surface area (TPSA) is 25.8 Å². The minimum atomic E-state index is -0.424. The lowest BCUT2D eigenvalue weighted by Gasteiger charge is -2.27. The van der Waals surface area contributed by atoms with Gasteiger partial charge in [-0.3, -0.25) is 0 Å². The van der Waals surface area contributed by atoms with Crippen molar-refractivity contribution in [3.8, 4) is 11.4 Å². The van der Waals surface area contributed by atoms with E-state index in [4.69, 9.17) is 11.6 Å². The van der Waals surface area contributed by atoms with Crippen molar-refractivity contribution in [2.75, 3.05) is 0 Å². The Labute approximate surface area is 160 Å². The summed E-state index contributed by atoms with van der Waals surface area (Å²) < 4.78 is 13.3. The van der Waals surface area contributed by atoms with Crippen molar-refractivity contribution < 1.29 is 4.39 Å². The Balaban J connectivity index is 1.50. The molecule has 138 valence electrons. The van der Waals surface area contributed by atoms with Gasteiger partial charge in [0.2, 0.25) is 0 Å². The van der Waals surface area contributed by atoms with E-state index in [0.717, 1.165) is 29.4 Å². The summed E-state index contributed by atoms with van der Waals surface area (Å²) in [7, 11) is 0. The largest absolute Gasteiger partial charge is 0.236 e. The smallest absolute Gasteiger partial charge is 0.159 e. The molecule has 0 unspecified atom stereocenters. The van der Waals surface area contributed by atoms with E-state index in [2.05, 4.69) is 29.0 Å². The minimum Gasteiger partial charge on any atom is -0.236 e. The number of nitrogens with zero attached hydrogens (tertiary/aromatic N) is 2. The second kappa shape index (κ2) is 9.27. The molecule has 0 N–H and O–H groups in total. The molecular weight excluding hydrogens is 347 g/mol. The van der Waals surface area contributed by atoms with Crippen molar-refractivity contribution in [2.45, 2.75) is 51.9 Å². The highest BCUT2D eigenvalue weighted by Gasteiger charge is 2.20. The molecule has 2 aromatic rings. The zero-order chi connectivity index (χ0) is 18.4. The molecule has 0 aliphatic heterocycles. The Hall–Kier alpha value is -1.74. The summed E-state index contributed by atoms with van der Waals surface area (Å²) in [6.45, 7) is 2.10. The fourth-order valence-electron chi connectivity index (χ4n) is 3.72. The Kier molecular flexibility index (Phi) is 6.79. The number of aryl methyl sites for hydroxylation is 1. The summed E-state index contributed by atoms with van der Waals surface area (Å²) in [5, 5.41) is 0.0974. The molecule has 26 heavy (non-hydrogen) atoms. The molecule has 1 aliphatic rings. The van der Waals surface area contributed by atoms with Crippen LogP contribution in [0.4, 0.5) is 4.39 Å². The van der Waals surface area contributed by atoms with Crippen LogP contribution in [-0.4, -0.2) is 9.97 Å². The third-order valence-electron chi connectivity index (χ3n) is 5.40. The van der Waals surface area contributed by atoms with Crippen molar-refractivity contribution in [1.29, 1.82) is 0 Å². The zero-order valence-electron chi connectivity index (χ0n) is 15.3. The maximum Gasteiger partial charge on any atom is 0.159 e. The van der Waals surface area contributed by atoms with Crippen LogP contribution in [0, 0.1) is 17.7 Å². The van der Waals surface area contributed by atoms with Gasteiger partial charge in [0.25, 0.3) is 0 Å². The van der Waals surface area contributed by atoms with Gasteiger partial charge in [-0.05, 0) is 74.6 Å². The molecule has 0 spiro atoms. The Morgan fingerprint density at radius 3 is 2.46 bits per heavy atom. The van der Waals surface area contributed by atoms with Crippen LogP contribution in [0.3, 0.4) is 0 Å². The van der Waals surface area contributed by atoms with E-state index < -0.39 is 5.82 Å². The van der Waals surface area contributed by atoms with Crippen molar-refractivity contribution in [1.82, 2.24) is 9.97 Å². The maximum absolute atomic E-state index is 13.3. The van der Waals surface area contributed by atoms with Crippen molar-refractivity contribution in [2.24, 2.45) is 11.8 Å². The second-order valence-electron chi connectivity index (χ2n) is 7.27. The quantitative estimate of drug-likeness (QED) is 0.531. The predicted octanol–water partition coefficient (Wildman–Crippen LogP) is 6.64. The van der Waals surface area contributed by atoms with Crippen LogP contribution in [0.5, 0.6) is 0 Å². The number of halogens is 2. The van der Waals surface area contributed by atoms with Crippen LogP contribution in [0.2, 0.25) is 5.02 Å². The van der Waals surface area contributed by atoms with Gasteiger partial charge in [0.05, 0.1) is 5.02 Å². The van der Waals surface area contributed by atoms with E-state index in [0.29, 0.717) is 5.82 Å². The van der Waals surface area contributed by atoms with Crippen LogP contribution in [0.15, 0.2) is 42.7 Å². The van der Waals surface area contributed by atoms with E-state index in [1.54, 1.807) is 12.1 Å². The number of rotatable bonds is 6. The molecular formula is C22H26ClFN2. The lowest BCUT2D eigenvalue weighted by Crippen LogP contribution is -2.14. The average molecular weight is 373 g/mol. The Morgan fingerprint density at radius 2 is 1.81 bits per heavy atom. The molecule has 1 saturated carbocycles. The lowest BCUT2D eigenvalue weighted by atomic mass is 9.78. The van der Waals surface area contributed by atoms with Crippen molar-refractivity contribution in [3.05, 3.63) is 59.1 Å². The Morgan fingerprint density at radius 1 is 1.12 bits per heavy atom. The molecule has 0 radical (unpaired) electrons. The van der Waals surface area contributed by atoms with Gasteiger partial charge >= 0.3 is 0 Å². The second-order valence-corrected chi connectivity index (χ2v) is 7.68. The standard InChI is InChI=1S/C22H26ClFN2/c1-2-3-4-16-5-7-17(8-6-16)9-10-18-14-25-22(26-15-18)19-11-12-21(24)20(23)13-19/h2-3,11-17H,4-10H2,1H3/b3-2+. The lowest BCUT2D eigenvalue weighted by molar-refractivity contribution is 0.265. The van der Waals surface area contributed by atoms with Gasteiger partial charge in [-0.1, -0.05) is 36.6 Å². The molecule has 1 fully saturated rings. The van der Waals surface area contributed by atoms with Gasteiger partial charge in [0.1, 0.15) is 5.82 Å². The normalized spacial score (nSPS) is 20.6. The fourth-order valence-corrected chi connectivity index (χ4v) is 3.90. The third-order valence-corrected chi connectivity index (χ3v) is 5.69. The summed E-state index contributed by atoms with van der Waals surface area (Å²) in [6.07, 6.45) is 17.1. The molecule has 1 aromatic heterocycles. The van der Waals surface area contributed by atoms with Gasteiger partial charge in [-0.2, -0.15) is 0 Å². The minimum absolute atomic E-state index is 0.0974. The van der Waals surface area contributed by atoms with Gasteiger partial charge < -0.3 is 0 Å². The van der Waals surface area contributed by atoms with Crippen LogP contribution in [0.1, 0.15) is 51.0 Å². The van der Waals surface area contributed by atoms with E-state index in [1.165, 1.54) is 44.6 Å². The highest BCUT2D eigenvalue weighted by molar-refractivity contribution is 6.31. The highest BCUT2D eigenvalue weighted by Crippen LogP contribution is 2.33. The first-order valence-electron chi connectivity index (χ1n) is 9.53. The third kappa shape index (κ3) is 5.14. The average Bonchev–Trinajstić information content (AvgIpc) is 2.68. The number of hydrogen-bond acceptors (Lipinski definition) is 2. The van der Waals surface area contributed by atoms with E-state index in [9.17, 15) is 4.39 Å². The summed E-state index contributed by atoms with van der Waals surface area (Å²) in [6, 6.07) is 4.57. The molecule has 0 bridgehead atoms. The number of hydrogen-bond donors (Lipinski definition) is 0. The summed E-state index contributed by atoms with van der Waals surface area (Å²) in [4.78, 5) is 8.86. The number of aromatic nitrogens is 2. The highest BCUT2D eigenvalue weighted by atomic mass is 35.5. The molecule has 2 nitrogen and oxygen atoms in total. The first kappa shape index (κ1) is 19.0. The van der Waals surface area contributed by atoms with Crippen LogP contribution in [-0.2, 0) is 6.42 Å². The maximum atomic E-state index is 13.3. The molecule has 4 heteroatoms. The van der Waals surface area contributed by atoms with Gasteiger partial charge in [-0.15, -0.1) is 0 Å². The monoisotopic (exact) mass is 372 g/mol. The van der Waals surface area contributed by atoms with Gasteiger partial charge in [-0.25, -0.2) is 14.4 Å². The fraction of sp³-hybridized carbons (Fsp3) is 0.455. The first-order valence-corrected chi connectivity index (χ1v) is 9.91. The molecule has 0 amide bonds. The van der Waals surface area contributed by atoms with Crippen LogP contribution in [0.25, 0.3) is 11.4 Å². The molecule has 1 aliphatic carbocycles. The zero-order valence-corrected chi connectivity index (χ0v) is 16.1. The van der Waals surface area contributed by atoms with Crippen molar-refractivity contribution in [3.63, 3.8) is 0 Å². The number of allylic oxidation sites excluding steroid dienone is 2. The van der Waals surface area contributed by atoms with E-state index in [1.807, 2.05) is 12.4 Å². The summed E-state index contributed by atoms with van der Waals surface area (Å²) in [5.41, 5.74) is 1.90. The van der Waals surface area contributed by atoms with E-state index in [-0.39, 0.29) is 5.02 Å². The molecule has 1 heterocycles. The van der Waals surface area contributed by atoms with Gasteiger partial charge in [0, 0.05) is 18.0 Å². The van der Waals surface area contributed by atoms with Gasteiger partial charge in [0.15, 0.2) is 5.82 Å². The molecule has 0 saturated heterocycles. The molecule has 1 aromatic carbocycles. The van der Waals surface area contributed by atoms with Crippen LogP contribution < -0.4 is 0 Å².